The van der Waals surface area contributed by atoms with Crippen molar-refractivity contribution >= 4 is 7.92 Å². The van der Waals surface area contributed by atoms with Crippen LogP contribution in [-0.2, 0) is 0 Å². The highest BCUT2D eigenvalue weighted by Crippen LogP contribution is 2.42. The molecule has 0 aromatic heterocycles. The van der Waals surface area contributed by atoms with E-state index in [0.717, 1.165) is 11.6 Å². The Balaban J connectivity index is 3.80. The van der Waals surface area contributed by atoms with E-state index >= 15 is 0 Å². The SMILES string of the molecule is CCCC(CC)CCP(C)C(CC)CC. The van der Waals surface area contributed by atoms with Crippen LogP contribution in [0, 0.1) is 5.92 Å². The van der Waals surface area contributed by atoms with Gasteiger partial charge in [-0.2, -0.15) is 0 Å². The summed E-state index contributed by atoms with van der Waals surface area (Å²) in [5.74, 6) is 1.01. The quantitative estimate of drug-likeness (QED) is 0.459. The van der Waals surface area contributed by atoms with Crippen molar-refractivity contribution in [3.05, 3.63) is 0 Å². The minimum Gasteiger partial charge on any atom is -0.107 e. The molecule has 92 valence electrons. The molecule has 0 heterocycles. The molecule has 0 spiro atoms. The topological polar surface area (TPSA) is 0 Å². The second kappa shape index (κ2) is 9.64. The Morgan fingerprint density at radius 1 is 0.867 bits per heavy atom. The first-order valence-electron chi connectivity index (χ1n) is 6.89. The molecule has 0 bridgehead atoms. The molecule has 0 aromatic rings. The van der Waals surface area contributed by atoms with Crippen molar-refractivity contribution in [3.63, 3.8) is 0 Å². The Morgan fingerprint density at radius 3 is 1.87 bits per heavy atom. The van der Waals surface area contributed by atoms with E-state index in [1.54, 1.807) is 0 Å². The first kappa shape index (κ1) is 15.4. The highest BCUT2D eigenvalue weighted by Gasteiger charge is 2.14. The van der Waals surface area contributed by atoms with E-state index in [-0.39, 0.29) is 0 Å². The molecular formula is C14H31P. The summed E-state index contributed by atoms with van der Waals surface area (Å²) in [5, 5.41) is 0. The molecule has 0 aromatic carbocycles. The van der Waals surface area contributed by atoms with Crippen LogP contribution in [0.2, 0.25) is 0 Å². The predicted molar refractivity (Wildman–Crippen MR) is 75.4 cm³/mol. The molecule has 1 heteroatoms. The van der Waals surface area contributed by atoms with E-state index in [4.69, 9.17) is 0 Å². The van der Waals surface area contributed by atoms with Crippen molar-refractivity contribution in [2.45, 2.75) is 71.9 Å². The summed E-state index contributed by atoms with van der Waals surface area (Å²) in [6.07, 6.45) is 9.99. The van der Waals surface area contributed by atoms with Gasteiger partial charge in [-0.05, 0) is 43.7 Å². The summed E-state index contributed by atoms with van der Waals surface area (Å²) in [6.45, 7) is 11.9. The molecule has 15 heavy (non-hydrogen) atoms. The van der Waals surface area contributed by atoms with E-state index < -0.39 is 0 Å². The lowest BCUT2D eigenvalue weighted by Crippen LogP contribution is -2.07. The second-order valence-corrected chi connectivity index (χ2v) is 7.49. The lowest BCUT2D eigenvalue weighted by atomic mass is 9.98. The smallest absolute Gasteiger partial charge is 0.0217 e. The molecule has 0 amide bonds. The normalized spacial score (nSPS) is 15.6. The zero-order chi connectivity index (χ0) is 11.7. The molecule has 0 aliphatic heterocycles. The third kappa shape index (κ3) is 6.56. The maximum Gasteiger partial charge on any atom is -0.0217 e. The fourth-order valence-electron chi connectivity index (χ4n) is 2.44. The Labute approximate surface area is 99.0 Å². The third-order valence-electron chi connectivity index (χ3n) is 3.73. The van der Waals surface area contributed by atoms with E-state index in [1.165, 1.54) is 44.7 Å². The molecule has 0 aliphatic carbocycles. The summed E-state index contributed by atoms with van der Waals surface area (Å²) in [7, 11) is 0.307. The fraction of sp³-hybridized carbons (Fsp3) is 1.00. The van der Waals surface area contributed by atoms with Crippen LogP contribution < -0.4 is 0 Å². The van der Waals surface area contributed by atoms with Gasteiger partial charge in [-0.25, -0.2) is 0 Å². The van der Waals surface area contributed by atoms with Crippen molar-refractivity contribution in [1.82, 2.24) is 0 Å². The summed E-state index contributed by atoms with van der Waals surface area (Å²) in [5.41, 5.74) is 1.03. The standard InChI is InChI=1S/C14H31P/c1-6-10-13(7-2)11-12-15(5)14(8-3)9-4/h13-14H,6-12H2,1-5H3. The van der Waals surface area contributed by atoms with Gasteiger partial charge in [0.15, 0.2) is 0 Å². The van der Waals surface area contributed by atoms with Crippen molar-refractivity contribution in [2.24, 2.45) is 5.92 Å². The van der Waals surface area contributed by atoms with Gasteiger partial charge in [0.25, 0.3) is 0 Å². The van der Waals surface area contributed by atoms with Gasteiger partial charge < -0.3 is 0 Å². The zero-order valence-electron chi connectivity index (χ0n) is 11.6. The van der Waals surface area contributed by atoms with Gasteiger partial charge >= 0.3 is 0 Å². The Bertz CT molecular complexity index is 129. The van der Waals surface area contributed by atoms with Crippen molar-refractivity contribution < 1.29 is 0 Å². The highest BCUT2D eigenvalue weighted by atomic mass is 31.1. The number of hydrogen-bond donors (Lipinski definition) is 0. The lowest BCUT2D eigenvalue weighted by Gasteiger charge is -2.24. The molecule has 0 rings (SSSR count). The van der Waals surface area contributed by atoms with E-state index in [0.29, 0.717) is 7.92 Å². The molecule has 0 radical (unpaired) electrons. The average molecular weight is 230 g/mol. The summed E-state index contributed by atoms with van der Waals surface area (Å²) >= 11 is 0. The predicted octanol–water partition coefficient (Wildman–Crippen LogP) is 5.50. The Morgan fingerprint density at radius 2 is 1.47 bits per heavy atom. The maximum atomic E-state index is 2.52. The van der Waals surface area contributed by atoms with Gasteiger partial charge in [0.05, 0.1) is 0 Å². The molecule has 0 aliphatic rings. The maximum absolute atomic E-state index is 2.52. The van der Waals surface area contributed by atoms with Crippen LogP contribution in [0.3, 0.4) is 0 Å². The Kier molecular flexibility index (Phi) is 9.92. The fourth-order valence-corrected chi connectivity index (χ4v) is 4.83. The van der Waals surface area contributed by atoms with Crippen molar-refractivity contribution in [3.8, 4) is 0 Å². The Hall–Kier alpha value is 0.430. The van der Waals surface area contributed by atoms with Gasteiger partial charge in [-0.1, -0.05) is 47.0 Å². The van der Waals surface area contributed by atoms with Crippen molar-refractivity contribution in [1.29, 1.82) is 0 Å². The first-order valence-corrected chi connectivity index (χ1v) is 8.93. The second-order valence-electron chi connectivity index (χ2n) is 4.80. The van der Waals surface area contributed by atoms with Gasteiger partial charge in [-0.3, -0.25) is 0 Å². The minimum atomic E-state index is 0.307. The van der Waals surface area contributed by atoms with Crippen LogP contribution in [0.4, 0.5) is 0 Å². The number of rotatable bonds is 9. The molecule has 0 fully saturated rings. The first-order chi connectivity index (χ1) is 7.19. The van der Waals surface area contributed by atoms with Gasteiger partial charge in [-0.15, -0.1) is 7.92 Å². The van der Waals surface area contributed by atoms with E-state index in [2.05, 4.69) is 34.4 Å². The molecule has 0 nitrogen and oxygen atoms in total. The van der Waals surface area contributed by atoms with Gasteiger partial charge in [0.1, 0.15) is 0 Å². The third-order valence-corrected chi connectivity index (χ3v) is 6.67. The molecule has 0 N–H and O–H groups in total. The summed E-state index contributed by atoms with van der Waals surface area (Å²) < 4.78 is 0. The van der Waals surface area contributed by atoms with Gasteiger partial charge in [0, 0.05) is 0 Å². The van der Waals surface area contributed by atoms with Crippen LogP contribution in [0.1, 0.15) is 66.2 Å². The monoisotopic (exact) mass is 230 g/mol. The molecule has 0 saturated carbocycles. The largest absolute Gasteiger partial charge is 0.107 e. The molecular weight excluding hydrogens is 199 g/mol. The van der Waals surface area contributed by atoms with Crippen LogP contribution in [0.25, 0.3) is 0 Å². The van der Waals surface area contributed by atoms with Crippen LogP contribution in [0.15, 0.2) is 0 Å². The average Bonchev–Trinajstić information content (AvgIpc) is 2.25. The van der Waals surface area contributed by atoms with Crippen LogP contribution >= 0.6 is 7.92 Å². The highest BCUT2D eigenvalue weighted by molar-refractivity contribution is 7.57. The van der Waals surface area contributed by atoms with Crippen LogP contribution in [0.5, 0.6) is 0 Å². The van der Waals surface area contributed by atoms with Gasteiger partial charge in [0.2, 0.25) is 0 Å². The van der Waals surface area contributed by atoms with Crippen LogP contribution in [-0.4, -0.2) is 18.5 Å². The number of hydrogen-bond acceptors (Lipinski definition) is 0. The molecule has 2 unspecified atom stereocenters. The molecule has 0 saturated heterocycles. The summed E-state index contributed by atoms with van der Waals surface area (Å²) in [6, 6.07) is 0. The molecule has 2 atom stereocenters. The zero-order valence-corrected chi connectivity index (χ0v) is 12.4. The summed E-state index contributed by atoms with van der Waals surface area (Å²) in [4.78, 5) is 0. The lowest BCUT2D eigenvalue weighted by molar-refractivity contribution is 0.452. The minimum absolute atomic E-state index is 0.307. The van der Waals surface area contributed by atoms with E-state index in [1.807, 2.05) is 0 Å². The van der Waals surface area contributed by atoms with E-state index in [9.17, 15) is 0 Å². The van der Waals surface area contributed by atoms with Crippen molar-refractivity contribution in [2.75, 3.05) is 12.8 Å².